The molecule has 23 heavy (non-hydrogen) atoms. The molecule has 1 fully saturated rings. The predicted molar refractivity (Wildman–Crippen MR) is 90.4 cm³/mol. The minimum absolute atomic E-state index is 0.197. The van der Waals surface area contributed by atoms with E-state index in [1.807, 2.05) is 35.2 Å². The maximum atomic E-state index is 12.5. The average Bonchev–Trinajstić information content (AvgIpc) is 3.15. The first-order chi connectivity index (χ1) is 11.2. The van der Waals surface area contributed by atoms with Gasteiger partial charge in [-0.2, -0.15) is 0 Å². The molecule has 0 aliphatic carbocycles. The van der Waals surface area contributed by atoms with Crippen LogP contribution in [0.5, 0.6) is 0 Å². The maximum absolute atomic E-state index is 12.5. The number of hydrogen-bond acceptors (Lipinski definition) is 2. The molecule has 5 heteroatoms. The van der Waals surface area contributed by atoms with E-state index in [1.165, 1.54) is 6.08 Å². The van der Waals surface area contributed by atoms with Crippen molar-refractivity contribution in [1.29, 1.82) is 0 Å². The number of anilines is 1. The number of allylic oxidation sites excluding steroid dienone is 2. The number of carbonyl (C=O) groups excluding carboxylic acids is 1. The quantitative estimate of drug-likeness (QED) is 0.929. The fourth-order valence-corrected chi connectivity index (χ4v) is 2.97. The number of halogens is 1. The van der Waals surface area contributed by atoms with Crippen LogP contribution in [0.15, 0.2) is 52.7 Å². The summed E-state index contributed by atoms with van der Waals surface area (Å²) in [6, 6.07) is 8.04. The Bertz CT molecular complexity index is 689. The van der Waals surface area contributed by atoms with E-state index in [4.69, 9.17) is 0 Å². The fourth-order valence-electron chi connectivity index (χ4n) is 2.97. The van der Waals surface area contributed by atoms with Gasteiger partial charge in [-0.3, -0.25) is 9.79 Å². The van der Waals surface area contributed by atoms with Crippen LogP contribution in [0.2, 0.25) is 0 Å². The molecule has 2 heterocycles. The lowest BCUT2D eigenvalue weighted by Gasteiger charge is -2.16. The molecule has 2 aliphatic rings. The first-order valence-electron chi connectivity index (χ1n) is 7.81. The number of carbonyl (C=O) groups is 1. The van der Waals surface area contributed by atoms with Crippen LogP contribution in [0.3, 0.4) is 0 Å². The zero-order valence-electron chi connectivity index (χ0n) is 13.2. The minimum atomic E-state index is -0.502. The van der Waals surface area contributed by atoms with E-state index >= 15 is 0 Å². The second-order valence-corrected chi connectivity index (χ2v) is 5.67. The Morgan fingerprint density at radius 1 is 1.35 bits per heavy atom. The number of alkyl halides is 1. The van der Waals surface area contributed by atoms with Gasteiger partial charge < -0.3 is 10.2 Å². The summed E-state index contributed by atoms with van der Waals surface area (Å²) < 4.78 is 12.5. The Hall–Kier alpha value is -2.43. The molecule has 1 aromatic rings. The molecule has 1 amide bonds. The molecule has 0 aromatic heterocycles. The summed E-state index contributed by atoms with van der Waals surface area (Å²) in [4.78, 5) is 17.7. The third-order valence-corrected chi connectivity index (χ3v) is 4.12. The van der Waals surface area contributed by atoms with Crippen molar-refractivity contribution in [3.05, 3.63) is 53.3 Å². The van der Waals surface area contributed by atoms with Crippen LogP contribution < -0.4 is 10.2 Å². The highest BCUT2D eigenvalue weighted by molar-refractivity contribution is 6.04. The van der Waals surface area contributed by atoms with Crippen LogP contribution in [-0.4, -0.2) is 32.0 Å². The van der Waals surface area contributed by atoms with Crippen molar-refractivity contribution in [2.75, 3.05) is 25.2 Å². The molecule has 0 atom stereocenters. The smallest absolute Gasteiger partial charge is 0.227 e. The second kappa shape index (κ2) is 6.77. The van der Waals surface area contributed by atoms with Gasteiger partial charge in [-0.15, -0.1) is 0 Å². The molecule has 2 aliphatic heterocycles. The van der Waals surface area contributed by atoms with Crippen LogP contribution in [-0.2, 0) is 11.2 Å². The van der Waals surface area contributed by atoms with Gasteiger partial charge in [0.15, 0.2) is 0 Å². The van der Waals surface area contributed by atoms with Gasteiger partial charge in [0, 0.05) is 43.4 Å². The SMILES string of the molecule is CN=C1NC(Cc2ccc(N3CCCC3=O)cc2)=C/C1=C/CF. The van der Waals surface area contributed by atoms with Crippen molar-refractivity contribution in [1.82, 2.24) is 5.32 Å². The molecule has 0 bridgehead atoms. The molecule has 1 aromatic carbocycles. The van der Waals surface area contributed by atoms with Gasteiger partial charge in [0.25, 0.3) is 0 Å². The lowest BCUT2D eigenvalue weighted by molar-refractivity contribution is -0.117. The van der Waals surface area contributed by atoms with E-state index in [1.54, 1.807) is 7.05 Å². The largest absolute Gasteiger partial charge is 0.343 e. The molecule has 1 N–H and O–H groups in total. The Morgan fingerprint density at radius 3 is 2.74 bits per heavy atom. The Labute approximate surface area is 135 Å². The van der Waals surface area contributed by atoms with Crippen molar-refractivity contribution in [2.45, 2.75) is 19.3 Å². The van der Waals surface area contributed by atoms with E-state index in [9.17, 15) is 9.18 Å². The summed E-state index contributed by atoms with van der Waals surface area (Å²) in [5, 5.41) is 3.21. The van der Waals surface area contributed by atoms with E-state index in [0.29, 0.717) is 12.3 Å². The molecular formula is C18H20FN3O. The number of nitrogens with zero attached hydrogens (tertiary/aromatic N) is 2. The molecule has 0 spiro atoms. The van der Waals surface area contributed by atoms with E-state index in [0.717, 1.165) is 41.9 Å². The molecule has 1 saturated heterocycles. The number of rotatable bonds is 4. The number of aliphatic imine (C=N–C) groups is 1. The van der Waals surface area contributed by atoms with Gasteiger partial charge in [-0.1, -0.05) is 12.1 Å². The Kier molecular flexibility index (Phi) is 4.55. The van der Waals surface area contributed by atoms with Crippen LogP contribution in [0.25, 0.3) is 0 Å². The number of hydrogen-bond donors (Lipinski definition) is 1. The van der Waals surface area contributed by atoms with E-state index in [2.05, 4.69) is 10.3 Å². The molecule has 3 rings (SSSR count). The maximum Gasteiger partial charge on any atom is 0.227 e. The summed E-state index contributed by atoms with van der Waals surface area (Å²) >= 11 is 0. The summed E-state index contributed by atoms with van der Waals surface area (Å²) in [7, 11) is 1.69. The number of amides is 1. The van der Waals surface area contributed by atoms with Crippen molar-refractivity contribution in [3.8, 4) is 0 Å². The molecule has 4 nitrogen and oxygen atoms in total. The zero-order valence-corrected chi connectivity index (χ0v) is 13.2. The average molecular weight is 313 g/mol. The molecular weight excluding hydrogens is 293 g/mol. The lowest BCUT2D eigenvalue weighted by Crippen LogP contribution is -2.23. The van der Waals surface area contributed by atoms with Crippen LogP contribution in [0, 0.1) is 0 Å². The van der Waals surface area contributed by atoms with E-state index in [-0.39, 0.29) is 5.91 Å². The van der Waals surface area contributed by atoms with Crippen LogP contribution >= 0.6 is 0 Å². The van der Waals surface area contributed by atoms with Crippen molar-refractivity contribution in [3.63, 3.8) is 0 Å². The van der Waals surface area contributed by atoms with Crippen molar-refractivity contribution < 1.29 is 9.18 Å². The summed E-state index contributed by atoms with van der Waals surface area (Å²) in [5.74, 6) is 0.902. The molecule has 0 radical (unpaired) electrons. The lowest BCUT2D eigenvalue weighted by atomic mass is 10.1. The molecule has 0 saturated carbocycles. The summed E-state index contributed by atoms with van der Waals surface area (Å²) in [5.41, 5.74) is 3.88. The predicted octanol–water partition coefficient (Wildman–Crippen LogP) is 2.77. The fraction of sp³-hybridized carbons (Fsp3) is 0.333. The van der Waals surface area contributed by atoms with Gasteiger partial charge in [0.2, 0.25) is 5.91 Å². The van der Waals surface area contributed by atoms with E-state index < -0.39 is 6.67 Å². The second-order valence-electron chi connectivity index (χ2n) is 5.67. The molecule has 120 valence electrons. The monoisotopic (exact) mass is 313 g/mol. The van der Waals surface area contributed by atoms with Crippen molar-refractivity contribution >= 4 is 17.4 Å². The van der Waals surface area contributed by atoms with Crippen LogP contribution in [0.1, 0.15) is 18.4 Å². The summed E-state index contributed by atoms with van der Waals surface area (Å²) in [6.07, 6.45) is 5.74. The first-order valence-corrected chi connectivity index (χ1v) is 7.81. The Morgan fingerprint density at radius 2 is 2.13 bits per heavy atom. The Balaban J connectivity index is 1.70. The third kappa shape index (κ3) is 3.33. The van der Waals surface area contributed by atoms with Gasteiger partial charge in [0.05, 0.1) is 0 Å². The standard InChI is InChI=1S/C18H20FN3O/c1-20-18-14(8-9-19)12-15(21-18)11-13-4-6-16(7-5-13)22-10-2-3-17(22)23/h4-8,12H,2-3,9-11H2,1H3,(H,20,21)/b14-8-. The third-order valence-electron chi connectivity index (χ3n) is 4.12. The van der Waals surface area contributed by atoms with Crippen molar-refractivity contribution in [2.24, 2.45) is 4.99 Å². The zero-order chi connectivity index (χ0) is 16.2. The highest BCUT2D eigenvalue weighted by atomic mass is 19.1. The minimum Gasteiger partial charge on any atom is -0.343 e. The topological polar surface area (TPSA) is 44.7 Å². The normalized spacial score (nSPS) is 21.2. The molecule has 0 unspecified atom stereocenters. The first kappa shape index (κ1) is 15.5. The van der Waals surface area contributed by atoms with Gasteiger partial charge in [-0.05, 0) is 36.3 Å². The number of nitrogens with one attached hydrogen (secondary N) is 1. The highest BCUT2D eigenvalue weighted by Gasteiger charge is 2.21. The number of benzene rings is 1. The highest BCUT2D eigenvalue weighted by Crippen LogP contribution is 2.23. The van der Waals surface area contributed by atoms with Gasteiger partial charge in [-0.25, -0.2) is 4.39 Å². The number of amidine groups is 1. The van der Waals surface area contributed by atoms with Gasteiger partial charge >= 0.3 is 0 Å². The summed E-state index contributed by atoms with van der Waals surface area (Å²) in [6.45, 7) is 0.303. The van der Waals surface area contributed by atoms with Gasteiger partial charge in [0.1, 0.15) is 12.5 Å². The van der Waals surface area contributed by atoms with Crippen LogP contribution in [0.4, 0.5) is 10.1 Å².